The smallest absolute Gasteiger partial charge is 0.221 e. The van der Waals surface area contributed by atoms with Crippen molar-refractivity contribution in [2.24, 2.45) is 0 Å². The van der Waals surface area contributed by atoms with E-state index in [1.807, 2.05) is 36.4 Å². The zero-order valence-corrected chi connectivity index (χ0v) is 18.5. The predicted octanol–water partition coefficient (Wildman–Crippen LogP) is 4.60. The number of rotatable bonds is 5. The first-order chi connectivity index (χ1) is 14.5. The Morgan fingerprint density at radius 1 is 1.30 bits per heavy atom. The van der Waals surface area contributed by atoms with Crippen molar-refractivity contribution in [1.82, 2.24) is 10.3 Å². The average molecular weight is 439 g/mol. The number of hydrogen-bond acceptors (Lipinski definition) is 5. The number of benzene rings is 1. The number of nitrogens with zero attached hydrogens (tertiary/aromatic N) is 2. The lowest BCUT2D eigenvalue weighted by atomic mass is 10.0. The molecule has 1 saturated heterocycles. The summed E-state index contributed by atoms with van der Waals surface area (Å²) in [5.41, 5.74) is 3.61. The van der Waals surface area contributed by atoms with Crippen molar-refractivity contribution in [2.75, 3.05) is 17.3 Å². The van der Waals surface area contributed by atoms with Crippen LogP contribution in [0.25, 0.3) is 0 Å². The first-order valence-electron chi connectivity index (χ1n) is 9.50. The van der Waals surface area contributed by atoms with Crippen LogP contribution in [0.15, 0.2) is 54.0 Å². The Morgan fingerprint density at radius 3 is 2.77 bits per heavy atom. The van der Waals surface area contributed by atoms with E-state index in [4.69, 9.17) is 17.0 Å². The number of carbonyl (C=O) groups is 1. The number of nitrogens with one attached hydrogen (secondary N) is 2. The van der Waals surface area contributed by atoms with Gasteiger partial charge < -0.3 is 20.3 Å². The molecule has 1 amide bonds. The summed E-state index contributed by atoms with van der Waals surface area (Å²) in [4.78, 5) is 19.6. The number of carbonyl (C=O) groups excluding carboxylic acids is 1. The van der Waals surface area contributed by atoms with Crippen LogP contribution in [0.4, 0.5) is 11.4 Å². The van der Waals surface area contributed by atoms with E-state index in [0.29, 0.717) is 16.5 Å². The fourth-order valence-corrected chi connectivity index (χ4v) is 5.12. The summed E-state index contributed by atoms with van der Waals surface area (Å²) in [6.45, 7) is 3.58. The quantitative estimate of drug-likeness (QED) is 0.568. The van der Waals surface area contributed by atoms with Crippen LogP contribution in [-0.4, -0.2) is 23.1 Å². The SMILES string of the molecule is COc1ccc(N2C(=S)N[C@@H](c3ccccn3)[C@H]2c2sccc2C)cc1NC(C)=O. The highest BCUT2D eigenvalue weighted by Gasteiger charge is 2.42. The molecule has 0 bridgehead atoms. The van der Waals surface area contributed by atoms with Gasteiger partial charge in [0.15, 0.2) is 5.11 Å². The van der Waals surface area contributed by atoms with Gasteiger partial charge >= 0.3 is 0 Å². The van der Waals surface area contributed by atoms with Gasteiger partial charge in [-0.2, -0.15) is 0 Å². The van der Waals surface area contributed by atoms with Gasteiger partial charge in [-0.1, -0.05) is 6.07 Å². The van der Waals surface area contributed by atoms with Crippen molar-refractivity contribution in [3.05, 3.63) is 70.2 Å². The molecule has 3 aromatic rings. The third-order valence-corrected chi connectivity index (χ3v) is 6.44. The number of pyridine rings is 1. The highest BCUT2D eigenvalue weighted by atomic mass is 32.1. The molecule has 0 unspecified atom stereocenters. The first-order valence-corrected chi connectivity index (χ1v) is 10.8. The number of thiophene rings is 1. The molecule has 1 aliphatic heterocycles. The van der Waals surface area contributed by atoms with Crippen molar-refractivity contribution in [1.29, 1.82) is 0 Å². The standard InChI is InChI=1S/C22H22N4O2S2/c1-13-9-11-30-21(13)20-19(16-6-4-5-10-23-16)25-22(29)26(20)15-7-8-18(28-3)17(12-15)24-14(2)27/h4-12,19-20H,1-3H3,(H,24,27)(H,25,29)/t19-,20-/m0/s1. The molecule has 2 atom stereocenters. The monoisotopic (exact) mass is 438 g/mol. The Balaban J connectivity index is 1.82. The summed E-state index contributed by atoms with van der Waals surface area (Å²) >= 11 is 7.46. The van der Waals surface area contributed by atoms with Gasteiger partial charge in [0.1, 0.15) is 5.75 Å². The van der Waals surface area contributed by atoms with Crippen LogP contribution < -0.4 is 20.3 Å². The van der Waals surface area contributed by atoms with E-state index in [9.17, 15) is 4.79 Å². The lowest BCUT2D eigenvalue weighted by Gasteiger charge is -2.28. The predicted molar refractivity (Wildman–Crippen MR) is 124 cm³/mol. The molecule has 0 aliphatic carbocycles. The maximum atomic E-state index is 11.7. The fourth-order valence-electron chi connectivity index (χ4n) is 3.72. The van der Waals surface area contributed by atoms with Gasteiger partial charge in [-0.3, -0.25) is 9.78 Å². The molecule has 0 radical (unpaired) electrons. The summed E-state index contributed by atoms with van der Waals surface area (Å²) in [7, 11) is 1.58. The van der Waals surface area contributed by atoms with Gasteiger partial charge in [0.2, 0.25) is 5.91 Å². The largest absolute Gasteiger partial charge is 0.495 e. The van der Waals surface area contributed by atoms with Gasteiger partial charge in [0, 0.05) is 23.7 Å². The highest BCUT2D eigenvalue weighted by Crippen LogP contribution is 2.45. The average Bonchev–Trinajstić information content (AvgIpc) is 3.30. The number of ether oxygens (including phenoxy) is 1. The van der Waals surface area contributed by atoms with Gasteiger partial charge in [-0.05, 0) is 66.5 Å². The molecule has 4 rings (SSSR count). The lowest BCUT2D eigenvalue weighted by Crippen LogP contribution is -2.29. The molecule has 154 valence electrons. The fraction of sp³-hybridized carbons (Fsp3) is 0.227. The molecule has 2 N–H and O–H groups in total. The molecule has 0 saturated carbocycles. The van der Waals surface area contributed by atoms with Crippen LogP contribution in [0, 0.1) is 6.92 Å². The maximum Gasteiger partial charge on any atom is 0.221 e. The molecular weight excluding hydrogens is 416 g/mol. The van der Waals surface area contributed by atoms with Gasteiger partial charge in [0.05, 0.1) is 30.6 Å². The van der Waals surface area contributed by atoms with Crippen molar-refractivity contribution < 1.29 is 9.53 Å². The zero-order valence-electron chi connectivity index (χ0n) is 16.9. The second-order valence-electron chi connectivity index (χ2n) is 7.03. The highest BCUT2D eigenvalue weighted by molar-refractivity contribution is 7.80. The minimum Gasteiger partial charge on any atom is -0.495 e. The van der Waals surface area contributed by atoms with Crippen LogP contribution in [-0.2, 0) is 4.79 Å². The first kappa shape index (κ1) is 20.3. The van der Waals surface area contributed by atoms with Gasteiger partial charge in [-0.25, -0.2) is 0 Å². The molecule has 30 heavy (non-hydrogen) atoms. The minimum absolute atomic E-state index is 0.0639. The van der Waals surface area contributed by atoms with Crippen LogP contribution in [0.1, 0.15) is 35.1 Å². The number of hydrogen-bond donors (Lipinski definition) is 2. The second kappa shape index (κ2) is 8.41. The molecule has 0 spiro atoms. The molecule has 8 heteroatoms. The van der Waals surface area contributed by atoms with Crippen molar-refractivity contribution in [3.8, 4) is 5.75 Å². The van der Waals surface area contributed by atoms with E-state index >= 15 is 0 Å². The lowest BCUT2D eigenvalue weighted by molar-refractivity contribution is -0.114. The Morgan fingerprint density at radius 2 is 2.13 bits per heavy atom. The van der Waals surface area contributed by atoms with Crippen LogP contribution in [0.3, 0.4) is 0 Å². The minimum atomic E-state index is -0.162. The number of aryl methyl sites for hydroxylation is 1. The van der Waals surface area contributed by atoms with E-state index in [1.54, 1.807) is 24.6 Å². The van der Waals surface area contributed by atoms with Crippen LogP contribution in [0.5, 0.6) is 5.75 Å². The number of aromatic nitrogens is 1. The topological polar surface area (TPSA) is 66.5 Å². The van der Waals surface area contributed by atoms with Gasteiger partial charge in [-0.15, -0.1) is 11.3 Å². The molecule has 6 nitrogen and oxygen atoms in total. The number of anilines is 2. The second-order valence-corrected chi connectivity index (χ2v) is 8.36. The molecule has 3 heterocycles. The van der Waals surface area contributed by atoms with Crippen molar-refractivity contribution >= 4 is 45.9 Å². The Bertz CT molecular complexity index is 1080. The Labute approximate surface area is 184 Å². The molecule has 1 aromatic carbocycles. The number of amides is 1. The summed E-state index contributed by atoms with van der Waals surface area (Å²) in [6.07, 6.45) is 1.79. The third kappa shape index (κ3) is 3.76. The van der Waals surface area contributed by atoms with E-state index < -0.39 is 0 Å². The van der Waals surface area contributed by atoms with Crippen molar-refractivity contribution in [2.45, 2.75) is 25.9 Å². The summed E-state index contributed by atoms with van der Waals surface area (Å²) in [6, 6.07) is 13.5. The molecule has 1 fully saturated rings. The number of thiocarbonyl (C=S) groups is 1. The van der Waals surface area contributed by atoms with Crippen molar-refractivity contribution in [3.63, 3.8) is 0 Å². The molecular formula is C22H22N4O2S2. The summed E-state index contributed by atoms with van der Waals surface area (Å²) < 4.78 is 5.41. The summed E-state index contributed by atoms with van der Waals surface area (Å²) in [5.74, 6) is 0.432. The normalized spacial score (nSPS) is 18.2. The molecule has 2 aromatic heterocycles. The Hall–Kier alpha value is -2.97. The molecule has 1 aliphatic rings. The van der Waals surface area contributed by atoms with E-state index in [2.05, 4.69) is 38.9 Å². The van der Waals surface area contributed by atoms with E-state index in [-0.39, 0.29) is 18.0 Å². The summed E-state index contributed by atoms with van der Waals surface area (Å²) in [5, 5.41) is 9.01. The Kier molecular flexibility index (Phi) is 5.69. The van der Waals surface area contributed by atoms with E-state index in [0.717, 1.165) is 11.4 Å². The maximum absolute atomic E-state index is 11.7. The van der Waals surface area contributed by atoms with E-state index in [1.165, 1.54) is 17.4 Å². The van der Waals surface area contributed by atoms with Gasteiger partial charge in [0.25, 0.3) is 0 Å². The zero-order chi connectivity index (χ0) is 21.3. The van der Waals surface area contributed by atoms with Crippen LogP contribution in [0.2, 0.25) is 0 Å². The van der Waals surface area contributed by atoms with Crippen LogP contribution >= 0.6 is 23.6 Å². The third-order valence-electron chi connectivity index (χ3n) is 5.04. The number of methoxy groups -OCH3 is 1.